The van der Waals surface area contributed by atoms with E-state index in [0.717, 1.165) is 55.6 Å². The monoisotopic (exact) mass is 399 g/mol. The summed E-state index contributed by atoms with van der Waals surface area (Å²) >= 11 is 1.55. The summed E-state index contributed by atoms with van der Waals surface area (Å²) in [7, 11) is 0. The number of nitrogens with zero attached hydrogens (tertiary/aromatic N) is 2. The van der Waals surface area contributed by atoms with Gasteiger partial charge in [-0.25, -0.2) is 4.98 Å². The molecule has 0 aliphatic carbocycles. The number of rotatable bonds is 8. The smallest absolute Gasteiger partial charge is 0.254 e. The molecule has 28 heavy (non-hydrogen) atoms. The Morgan fingerprint density at radius 3 is 2.82 bits per heavy atom. The minimum atomic E-state index is -0.0493. The molecule has 1 aliphatic heterocycles. The largest absolute Gasteiger partial charge is 0.379 e. The highest BCUT2D eigenvalue weighted by atomic mass is 32.2. The van der Waals surface area contributed by atoms with Crippen molar-refractivity contribution in [3.63, 3.8) is 0 Å². The van der Waals surface area contributed by atoms with Gasteiger partial charge in [0.25, 0.3) is 5.91 Å². The first-order valence-corrected chi connectivity index (χ1v) is 10.7. The summed E-state index contributed by atoms with van der Waals surface area (Å²) in [5.41, 5.74) is 3.07. The molecule has 0 radical (unpaired) electrons. The van der Waals surface area contributed by atoms with Gasteiger partial charge in [0.2, 0.25) is 0 Å². The highest BCUT2D eigenvalue weighted by Crippen LogP contribution is 2.31. The van der Waals surface area contributed by atoms with Crippen LogP contribution in [0.25, 0.3) is 0 Å². The van der Waals surface area contributed by atoms with Gasteiger partial charge in [-0.2, -0.15) is 0 Å². The first-order valence-electron chi connectivity index (χ1n) is 9.92. The Morgan fingerprint density at radius 2 is 2.04 bits per heavy atom. The molecule has 150 valence electrons. The van der Waals surface area contributed by atoms with E-state index in [1.165, 1.54) is 11.1 Å². The Labute approximate surface area is 171 Å². The molecule has 0 bridgehead atoms. The van der Waals surface area contributed by atoms with Crippen LogP contribution in [-0.2, 0) is 4.74 Å². The van der Waals surface area contributed by atoms with Crippen molar-refractivity contribution in [2.45, 2.75) is 36.6 Å². The molecular weight excluding hydrogens is 370 g/mol. The van der Waals surface area contributed by atoms with E-state index in [0.29, 0.717) is 12.1 Å². The summed E-state index contributed by atoms with van der Waals surface area (Å²) in [4.78, 5) is 20.7. The lowest BCUT2D eigenvalue weighted by atomic mass is 10.2. The minimum Gasteiger partial charge on any atom is -0.379 e. The lowest BCUT2D eigenvalue weighted by Crippen LogP contribution is -2.37. The average Bonchev–Trinajstić information content (AvgIpc) is 2.71. The van der Waals surface area contributed by atoms with Gasteiger partial charge in [-0.05, 0) is 57.0 Å². The molecule has 3 rings (SSSR count). The van der Waals surface area contributed by atoms with Crippen molar-refractivity contribution in [3.05, 3.63) is 53.2 Å². The van der Waals surface area contributed by atoms with Crippen LogP contribution in [0.1, 0.15) is 34.3 Å². The van der Waals surface area contributed by atoms with Crippen LogP contribution in [-0.4, -0.2) is 55.2 Å². The Balaban J connectivity index is 1.51. The number of pyridine rings is 1. The minimum absolute atomic E-state index is 0.0493. The molecule has 0 spiro atoms. The van der Waals surface area contributed by atoms with E-state index in [1.807, 2.05) is 12.1 Å². The maximum Gasteiger partial charge on any atom is 0.254 e. The molecule has 5 nitrogen and oxygen atoms in total. The first kappa shape index (κ1) is 20.8. The van der Waals surface area contributed by atoms with Crippen LogP contribution in [0.2, 0.25) is 0 Å². The summed E-state index contributed by atoms with van der Waals surface area (Å²) < 4.78 is 5.37. The van der Waals surface area contributed by atoms with Gasteiger partial charge in [0.1, 0.15) is 5.03 Å². The van der Waals surface area contributed by atoms with E-state index in [9.17, 15) is 4.79 Å². The van der Waals surface area contributed by atoms with Gasteiger partial charge in [-0.1, -0.05) is 29.5 Å². The second-order valence-corrected chi connectivity index (χ2v) is 8.17. The van der Waals surface area contributed by atoms with Gasteiger partial charge in [0.15, 0.2) is 0 Å². The average molecular weight is 400 g/mol. The molecule has 1 aliphatic rings. The zero-order chi connectivity index (χ0) is 19.8. The van der Waals surface area contributed by atoms with Crippen molar-refractivity contribution in [2.24, 2.45) is 0 Å². The number of morpholine rings is 1. The van der Waals surface area contributed by atoms with Crippen LogP contribution in [0.5, 0.6) is 0 Å². The van der Waals surface area contributed by atoms with Gasteiger partial charge < -0.3 is 10.1 Å². The summed E-state index contributed by atoms with van der Waals surface area (Å²) in [6.45, 7) is 9.62. The Hall–Kier alpha value is -1.89. The highest BCUT2D eigenvalue weighted by molar-refractivity contribution is 7.99. The van der Waals surface area contributed by atoms with E-state index in [1.54, 1.807) is 18.0 Å². The molecule has 0 atom stereocenters. The molecule has 1 aromatic heterocycles. The molecule has 0 unspecified atom stereocenters. The fourth-order valence-electron chi connectivity index (χ4n) is 3.25. The number of carbonyl (C=O) groups is 1. The number of carbonyl (C=O) groups excluding carboxylic acids is 1. The van der Waals surface area contributed by atoms with E-state index < -0.39 is 0 Å². The quantitative estimate of drug-likeness (QED) is 0.686. The molecular formula is C22H29N3O2S. The fourth-order valence-corrected chi connectivity index (χ4v) is 4.19. The summed E-state index contributed by atoms with van der Waals surface area (Å²) in [5, 5.41) is 3.80. The number of aryl methyl sites for hydroxylation is 2. The van der Waals surface area contributed by atoms with Crippen molar-refractivity contribution >= 4 is 17.7 Å². The van der Waals surface area contributed by atoms with E-state index >= 15 is 0 Å². The van der Waals surface area contributed by atoms with Crippen LogP contribution in [0.3, 0.4) is 0 Å². The lowest BCUT2D eigenvalue weighted by molar-refractivity contribution is 0.0372. The van der Waals surface area contributed by atoms with Crippen molar-refractivity contribution in [1.29, 1.82) is 0 Å². The number of benzene rings is 1. The molecule has 1 N–H and O–H groups in total. The van der Waals surface area contributed by atoms with Crippen molar-refractivity contribution in [2.75, 3.05) is 39.4 Å². The van der Waals surface area contributed by atoms with Gasteiger partial charge in [0.05, 0.1) is 18.8 Å². The molecule has 1 saturated heterocycles. The number of hydrogen-bond donors (Lipinski definition) is 1. The van der Waals surface area contributed by atoms with E-state index in [-0.39, 0.29) is 5.91 Å². The number of amides is 1. The predicted molar refractivity (Wildman–Crippen MR) is 113 cm³/mol. The third kappa shape index (κ3) is 6.06. The van der Waals surface area contributed by atoms with Crippen LogP contribution >= 0.6 is 11.8 Å². The number of aromatic nitrogens is 1. The number of hydrogen-bond acceptors (Lipinski definition) is 5. The molecule has 6 heteroatoms. The molecule has 2 heterocycles. The van der Waals surface area contributed by atoms with Crippen LogP contribution in [0.4, 0.5) is 0 Å². The number of ether oxygens (including phenoxy) is 1. The number of nitrogens with one attached hydrogen (secondary N) is 1. The second-order valence-electron chi connectivity index (χ2n) is 7.14. The second kappa shape index (κ2) is 10.6. The van der Waals surface area contributed by atoms with Crippen molar-refractivity contribution in [1.82, 2.24) is 15.2 Å². The normalized spacial score (nSPS) is 14.8. The predicted octanol–water partition coefficient (Wildman–Crippen LogP) is 3.69. The Kier molecular flexibility index (Phi) is 7.89. The van der Waals surface area contributed by atoms with Crippen LogP contribution in [0.15, 0.2) is 46.5 Å². The lowest BCUT2D eigenvalue weighted by Gasteiger charge is -2.26. The van der Waals surface area contributed by atoms with Crippen molar-refractivity contribution < 1.29 is 9.53 Å². The van der Waals surface area contributed by atoms with Crippen molar-refractivity contribution in [3.8, 4) is 0 Å². The van der Waals surface area contributed by atoms with E-state index in [4.69, 9.17) is 4.74 Å². The SMILES string of the molecule is Cc1ccc(Sc2ncccc2C(=O)NCCCCN2CCOCC2)c(C)c1. The molecule has 1 aromatic carbocycles. The van der Waals surface area contributed by atoms with E-state index in [2.05, 4.69) is 47.2 Å². The third-order valence-electron chi connectivity index (χ3n) is 4.84. The van der Waals surface area contributed by atoms with Gasteiger partial charge >= 0.3 is 0 Å². The Morgan fingerprint density at radius 1 is 1.21 bits per heavy atom. The maximum atomic E-state index is 12.7. The molecule has 1 fully saturated rings. The molecule has 1 amide bonds. The van der Waals surface area contributed by atoms with Gasteiger partial charge in [0, 0.05) is 30.7 Å². The van der Waals surface area contributed by atoms with Crippen LogP contribution in [0, 0.1) is 13.8 Å². The summed E-state index contributed by atoms with van der Waals surface area (Å²) in [6, 6.07) is 10.0. The maximum absolute atomic E-state index is 12.7. The Bertz CT molecular complexity index is 791. The first-order chi connectivity index (χ1) is 13.6. The summed E-state index contributed by atoms with van der Waals surface area (Å²) in [6.07, 6.45) is 3.80. The molecule has 0 saturated carbocycles. The molecule has 2 aromatic rings. The zero-order valence-electron chi connectivity index (χ0n) is 16.7. The standard InChI is InChI=1S/C22H29N3O2S/c1-17-7-8-20(18(2)16-17)28-22-19(6-5-10-24-22)21(26)23-9-3-4-11-25-12-14-27-15-13-25/h5-8,10,16H,3-4,9,11-15H2,1-2H3,(H,23,26). The van der Waals surface area contributed by atoms with Crippen LogP contribution < -0.4 is 5.32 Å². The zero-order valence-corrected chi connectivity index (χ0v) is 17.6. The number of unbranched alkanes of at least 4 members (excludes halogenated alkanes) is 1. The third-order valence-corrected chi connectivity index (χ3v) is 6.04. The fraction of sp³-hybridized carbons (Fsp3) is 0.455. The highest BCUT2D eigenvalue weighted by Gasteiger charge is 2.14. The topological polar surface area (TPSA) is 54.5 Å². The summed E-state index contributed by atoms with van der Waals surface area (Å²) in [5.74, 6) is -0.0493. The van der Waals surface area contributed by atoms with Gasteiger partial charge in [-0.15, -0.1) is 0 Å². The van der Waals surface area contributed by atoms with Gasteiger partial charge in [-0.3, -0.25) is 9.69 Å².